The molecule has 2 nitrogen and oxygen atoms in total. The standard InChI is InChI=1S/C49H38N2.C2H6/c1-3-16-46-42(4-2)44-32-45-43-23-14-15-24-47(43)50(40-27-25-37(26-28-40)34-17-8-5-9-18-34)49(45)33-48(44)51(46)41-30-38(35-19-10-6-11-20-35)29-39(31-41)36-21-12-7-13-22-36;1-2/h3-13,15-22,24-33H,1,14,23H2,2H3;1-2H3/b42-4-,46-16+;. The third-order valence-electron chi connectivity index (χ3n) is 10.3. The minimum Gasteiger partial charge on any atom is -0.310 e. The van der Waals surface area contributed by atoms with E-state index in [2.05, 4.69) is 193 Å². The van der Waals surface area contributed by atoms with E-state index in [1.54, 1.807) is 0 Å². The molecule has 0 radical (unpaired) electrons. The number of rotatable bonds is 6. The van der Waals surface area contributed by atoms with Gasteiger partial charge in [-0.3, -0.25) is 0 Å². The highest BCUT2D eigenvalue weighted by Gasteiger charge is 2.22. The molecule has 1 aliphatic carbocycles. The van der Waals surface area contributed by atoms with Crippen LogP contribution in [-0.2, 0) is 6.42 Å². The van der Waals surface area contributed by atoms with Gasteiger partial charge in [0.05, 0.1) is 16.4 Å². The van der Waals surface area contributed by atoms with Gasteiger partial charge in [0.15, 0.2) is 0 Å². The van der Waals surface area contributed by atoms with Gasteiger partial charge >= 0.3 is 0 Å². The van der Waals surface area contributed by atoms with Crippen LogP contribution in [-0.4, -0.2) is 9.13 Å². The van der Waals surface area contributed by atoms with Gasteiger partial charge < -0.3 is 9.13 Å². The molecule has 1 aliphatic rings. The summed E-state index contributed by atoms with van der Waals surface area (Å²) in [5.74, 6) is 0. The van der Waals surface area contributed by atoms with Crippen molar-refractivity contribution in [3.05, 3.63) is 186 Å². The molecule has 9 rings (SSSR count). The molecule has 0 spiro atoms. The van der Waals surface area contributed by atoms with Crippen LogP contribution in [0.4, 0.5) is 0 Å². The van der Waals surface area contributed by atoms with E-state index in [9.17, 15) is 0 Å². The summed E-state index contributed by atoms with van der Waals surface area (Å²) >= 11 is 0. The topological polar surface area (TPSA) is 9.86 Å². The van der Waals surface area contributed by atoms with Crippen molar-refractivity contribution in [2.45, 2.75) is 33.6 Å². The Bertz CT molecular complexity index is 2670. The van der Waals surface area contributed by atoms with Gasteiger partial charge in [-0.2, -0.15) is 0 Å². The van der Waals surface area contributed by atoms with E-state index in [4.69, 9.17) is 0 Å². The molecule has 0 aliphatic heterocycles. The van der Waals surface area contributed by atoms with Crippen LogP contribution in [0.5, 0.6) is 0 Å². The van der Waals surface area contributed by atoms with Crippen molar-refractivity contribution >= 4 is 40.0 Å². The molecule has 0 N–H and O–H groups in total. The summed E-state index contributed by atoms with van der Waals surface area (Å²) in [5, 5.41) is 4.92. The molecule has 53 heavy (non-hydrogen) atoms. The fourth-order valence-electron chi connectivity index (χ4n) is 7.96. The number of fused-ring (bicyclic) bond motifs is 4. The molecular formula is C51H44N2. The Balaban J connectivity index is 0.00000197. The van der Waals surface area contributed by atoms with E-state index in [-0.39, 0.29) is 0 Å². The minimum atomic E-state index is 1.03. The third-order valence-corrected chi connectivity index (χ3v) is 10.3. The van der Waals surface area contributed by atoms with Crippen molar-refractivity contribution < 1.29 is 0 Å². The predicted octanol–water partition coefficient (Wildman–Crippen LogP) is 12.3. The van der Waals surface area contributed by atoms with E-state index in [1.165, 1.54) is 77.3 Å². The van der Waals surface area contributed by atoms with Crippen molar-refractivity contribution in [1.29, 1.82) is 0 Å². The zero-order chi connectivity index (χ0) is 36.3. The Kier molecular flexibility index (Phi) is 9.36. The fourth-order valence-corrected chi connectivity index (χ4v) is 7.96. The number of aryl methyl sites for hydroxylation is 1. The first kappa shape index (κ1) is 33.7. The monoisotopic (exact) mass is 684 g/mol. The van der Waals surface area contributed by atoms with E-state index in [0.29, 0.717) is 0 Å². The van der Waals surface area contributed by atoms with Gasteiger partial charge in [-0.05, 0) is 113 Å². The van der Waals surface area contributed by atoms with Gasteiger partial charge in [0.2, 0.25) is 0 Å². The van der Waals surface area contributed by atoms with Gasteiger partial charge in [-0.1, -0.05) is 142 Å². The molecule has 0 saturated heterocycles. The molecular weight excluding hydrogens is 641 g/mol. The lowest BCUT2D eigenvalue weighted by Crippen LogP contribution is -2.28. The maximum Gasteiger partial charge on any atom is 0.0562 e. The lowest BCUT2D eigenvalue weighted by Gasteiger charge is -2.14. The van der Waals surface area contributed by atoms with Gasteiger partial charge in [-0.15, -0.1) is 0 Å². The van der Waals surface area contributed by atoms with Crippen molar-refractivity contribution in [1.82, 2.24) is 9.13 Å². The highest BCUT2D eigenvalue weighted by atomic mass is 15.0. The number of aromatic nitrogens is 2. The molecule has 8 aromatic rings. The normalized spacial score (nSPS) is 12.9. The van der Waals surface area contributed by atoms with Gasteiger partial charge in [0.25, 0.3) is 0 Å². The smallest absolute Gasteiger partial charge is 0.0562 e. The van der Waals surface area contributed by atoms with Gasteiger partial charge in [-0.25, -0.2) is 0 Å². The van der Waals surface area contributed by atoms with Crippen LogP contribution in [0.15, 0.2) is 164 Å². The Morgan fingerprint density at radius 2 is 1.09 bits per heavy atom. The number of nitrogens with zero attached hydrogens (tertiary/aromatic N) is 2. The molecule has 0 atom stereocenters. The average Bonchev–Trinajstić information content (AvgIpc) is 3.72. The minimum absolute atomic E-state index is 1.03. The largest absolute Gasteiger partial charge is 0.310 e. The van der Waals surface area contributed by atoms with Crippen LogP contribution in [0.2, 0.25) is 0 Å². The van der Waals surface area contributed by atoms with Crippen molar-refractivity contribution in [2.24, 2.45) is 0 Å². The summed E-state index contributed by atoms with van der Waals surface area (Å²) in [6, 6.07) is 52.9. The lowest BCUT2D eigenvalue weighted by atomic mass is 9.98. The summed E-state index contributed by atoms with van der Waals surface area (Å²) < 4.78 is 4.91. The van der Waals surface area contributed by atoms with E-state index >= 15 is 0 Å². The van der Waals surface area contributed by atoms with Crippen LogP contribution in [0.25, 0.3) is 84.8 Å². The van der Waals surface area contributed by atoms with Gasteiger partial charge in [0, 0.05) is 33.1 Å². The first-order chi connectivity index (χ1) is 26.2. The number of hydrogen-bond acceptors (Lipinski definition) is 0. The Labute approximate surface area is 312 Å². The van der Waals surface area contributed by atoms with Crippen molar-refractivity contribution in [3.8, 4) is 44.8 Å². The molecule has 0 unspecified atom stereocenters. The number of hydrogen-bond donors (Lipinski definition) is 0. The van der Waals surface area contributed by atoms with Crippen LogP contribution in [0, 0.1) is 0 Å². The lowest BCUT2D eigenvalue weighted by molar-refractivity contribution is 0.967. The fraction of sp³-hybridized carbons (Fsp3) is 0.0980. The maximum atomic E-state index is 4.16. The Morgan fingerprint density at radius 1 is 0.547 bits per heavy atom. The second kappa shape index (κ2) is 14.7. The van der Waals surface area contributed by atoms with Crippen LogP contribution in [0.3, 0.4) is 0 Å². The summed E-state index contributed by atoms with van der Waals surface area (Å²) in [5.41, 5.74) is 14.6. The van der Waals surface area contributed by atoms with E-state index in [1.807, 2.05) is 19.9 Å². The highest BCUT2D eigenvalue weighted by molar-refractivity contribution is 6.02. The van der Waals surface area contributed by atoms with Crippen LogP contribution < -0.4 is 10.6 Å². The quantitative estimate of drug-likeness (QED) is 0.165. The molecule has 2 heterocycles. The van der Waals surface area contributed by atoms with Crippen molar-refractivity contribution in [2.75, 3.05) is 0 Å². The average molecular weight is 685 g/mol. The maximum absolute atomic E-state index is 4.16. The first-order valence-electron chi connectivity index (χ1n) is 18.8. The molecule has 258 valence electrons. The van der Waals surface area contributed by atoms with Crippen LogP contribution in [0.1, 0.15) is 38.4 Å². The Morgan fingerprint density at radius 3 is 1.66 bits per heavy atom. The summed E-state index contributed by atoms with van der Waals surface area (Å²) in [7, 11) is 0. The zero-order valence-corrected chi connectivity index (χ0v) is 30.8. The molecule has 0 fully saturated rings. The second-order valence-electron chi connectivity index (χ2n) is 13.3. The van der Waals surface area contributed by atoms with E-state index < -0.39 is 0 Å². The first-order valence-corrected chi connectivity index (χ1v) is 18.8. The molecule has 6 aromatic carbocycles. The van der Waals surface area contributed by atoms with E-state index in [0.717, 1.165) is 23.9 Å². The molecule has 2 aromatic heterocycles. The van der Waals surface area contributed by atoms with Crippen molar-refractivity contribution in [3.63, 3.8) is 0 Å². The molecule has 0 bridgehead atoms. The summed E-state index contributed by atoms with van der Waals surface area (Å²) in [6.45, 7) is 10.3. The van der Waals surface area contributed by atoms with Crippen LogP contribution >= 0.6 is 0 Å². The number of allylic oxidation sites excluding steroid dienone is 2. The number of benzene rings is 6. The summed E-state index contributed by atoms with van der Waals surface area (Å²) in [4.78, 5) is 0. The second-order valence-corrected chi connectivity index (χ2v) is 13.3. The SMILES string of the molecule is C=C/C=c1\c(=C/C)c2cc3c4c(n(-c5ccc(-c6ccccc6)cc5)c3cc2n1-c1cc(-c2ccccc2)cc(-c2ccccc2)c1)C=CCC4.CC. The predicted molar refractivity (Wildman–Crippen MR) is 229 cm³/mol. The molecule has 0 amide bonds. The molecule has 2 heteroatoms. The van der Waals surface area contributed by atoms with Gasteiger partial charge in [0.1, 0.15) is 0 Å². The summed E-state index contributed by atoms with van der Waals surface area (Å²) in [6.07, 6.45) is 13.0. The Hall–Kier alpha value is -6.38. The zero-order valence-electron chi connectivity index (χ0n) is 30.8. The third kappa shape index (κ3) is 6.07. The highest BCUT2D eigenvalue weighted by Crippen LogP contribution is 2.37. The molecule has 0 saturated carbocycles.